The predicted octanol–water partition coefficient (Wildman–Crippen LogP) is 5.61. The summed E-state index contributed by atoms with van der Waals surface area (Å²) in [6.07, 6.45) is 1.36. The minimum atomic E-state index is -0.168. The van der Waals surface area contributed by atoms with Gasteiger partial charge in [0, 0.05) is 49.9 Å². The van der Waals surface area contributed by atoms with E-state index in [1.165, 1.54) is 5.56 Å². The molecule has 2 heterocycles. The van der Waals surface area contributed by atoms with Gasteiger partial charge in [-0.25, -0.2) is 0 Å². The molecule has 0 radical (unpaired) electrons. The minimum Gasteiger partial charge on any atom is -0.383 e. The van der Waals surface area contributed by atoms with Gasteiger partial charge in [-0.3, -0.25) is 9.78 Å². The molecule has 1 aromatic heterocycles. The molecule has 0 bridgehead atoms. The zero-order valence-corrected chi connectivity index (χ0v) is 20.9. The van der Waals surface area contributed by atoms with Crippen molar-refractivity contribution < 1.29 is 9.53 Å². The first-order valence-electron chi connectivity index (χ1n) is 12.3. The van der Waals surface area contributed by atoms with Crippen LogP contribution in [0.25, 0.3) is 10.9 Å². The molecule has 0 spiro atoms. The van der Waals surface area contributed by atoms with Crippen LogP contribution in [0.4, 0.5) is 5.69 Å². The highest BCUT2D eigenvalue weighted by Gasteiger charge is 2.33. The van der Waals surface area contributed by atoms with Crippen molar-refractivity contribution in [3.63, 3.8) is 0 Å². The number of anilines is 1. The molecule has 0 saturated carbocycles. The zero-order chi connectivity index (χ0) is 24.1. The number of methoxy groups -OCH3 is 1. The number of para-hydroxylation sites is 1. The number of amides is 1. The highest BCUT2D eigenvalue weighted by Crippen LogP contribution is 2.36. The lowest BCUT2D eigenvalue weighted by Gasteiger charge is -2.23. The Balaban J connectivity index is 1.47. The van der Waals surface area contributed by atoms with Crippen LogP contribution in [0.1, 0.15) is 50.8 Å². The highest BCUT2D eigenvalue weighted by molar-refractivity contribution is 5.94. The van der Waals surface area contributed by atoms with Gasteiger partial charge in [0.05, 0.1) is 23.5 Å². The van der Waals surface area contributed by atoms with Gasteiger partial charge in [0.25, 0.3) is 0 Å². The van der Waals surface area contributed by atoms with Crippen molar-refractivity contribution in [2.24, 2.45) is 5.92 Å². The molecule has 1 fully saturated rings. The number of hydrogen-bond donors (Lipinski definition) is 1. The van der Waals surface area contributed by atoms with Crippen molar-refractivity contribution in [3.8, 4) is 0 Å². The number of pyridine rings is 1. The monoisotopic (exact) mass is 459 g/mol. The van der Waals surface area contributed by atoms with Crippen molar-refractivity contribution >= 4 is 22.5 Å². The Morgan fingerprint density at radius 2 is 1.82 bits per heavy atom. The van der Waals surface area contributed by atoms with Crippen LogP contribution in [0.3, 0.4) is 0 Å². The summed E-state index contributed by atoms with van der Waals surface area (Å²) in [4.78, 5) is 20.5. The topological polar surface area (TPSA) is 54.5 Å². The van der Waals surface area contributed by atoms with Gasteiger partial charge in [-0.15, -0.1) is 0 Å². The summed E-state index contributed by atoms with van der Waals surface area (Å²) in [5.41, 5.74) is 3.90. The summed E-state index contributed by atoms with van der Waals surface area (Å²) >= 11 is 0. The molecule has 2 atom stereocenters. The second-order valence-electron chi connectivity index (χ2n) is 10.4. The summed E-state index contributed by atoms with van der Waals surface area (Å²) in [6, 6.07) is 20.9. The molecule has 4 rings (SSSR count). The average molecular weight is 460 g/mol. The van der Waals surface area contributed by atoms with Crippen molar-refractivity contribution in [2.45, 2.75) is 44.9 Å². The van der Waals surface area contributed by atoms with E-state index < -0.39 is 0 Å². The second kappa shape index (κ2) is 10.7. The first kappa shape index (κ1) is 24.4. The molecular weight excluding hydrogens is 422 g/mol. The molecule has 180 valence electrons. The summed E-state index contributed by atoms with van der Waals surface area (Å²) < 4.78 is 5.30. The van der Waals surface area contributed by atoms with Gasteiger partial charge in [-0.05, 0) is 30.0 Å². The van der Waals surface area contributed by atoms with Gasteiger partial charge in [0.1, 0.15) is 0 Å². The maximum Gasteiger partial charge on any atom is 0.224 e. The number of aromatic nitrogens is 1. The molecular formula is C29H37N3O2. The molecule has 1 saturated heterocycles. The largest absolute Gasteiger partial charge is 0.383 e. The molecule has 5 heteroatoms. The number of nitrogens with one attached hydrogen (secondary N) is 1. The van der Waals surface area contributed by atoms with Crippen LogP contribution in [0.2, 0.25) is 0 Å². The first-order chi connectivity index (χ1) is 16.3. The summed E-state index contributed by atoms with van der Waals surface area (Å²) in [6.45, 7) is 10.1. The molecule has 3 aromatic rings. The van der Waals surface area contributed by atoms with Crippen LogP contribution in [-0.4, -0.2) is 49.1 Å². The smallest absolute Gasteiger partial charge is 0.224 e. The van der Waals surface area contributed by atoms with E-state index >= 15 is 0 Å². The Bertz CT molecular complexity index is 1110. The maximum atomic E-state index is 13.1. The number of likely N-dealkylation sites (tertiary alicyclic amines) is 1. The third-order valence-electron chi connectivity index (χ3n) is 6.81. The fourth-order valence-corrected chi connectivity index (χ4v) is 5.05. The minimum absolute atomic E-state index is 0.0599. The van der Waals surface area contributed by atoms with Crippen molar-refractivity contribution in [3.05, 3.63) is 71.9 Å². The lowest BCUT2D eigenvalue weighted by atomic mass is 9.86. The maximum absolute atomic E-state index is 13.1. The van der Waals surface area contributed by atoms with Crippen molar-refractivity contribution in [1.82, 2.24) is 9.88 Å². The zero-order valence-electron chi connectivity index (χ0n) is 20.9. The fourth-order valence-electron chi connectivity index (χ4n) is 5.05. The number of hydrogen-bond acceptors (Lipinski definition) is 4. The van der Waals surface area contributed by atoms with E-state index in [9.17, 15) is 4.79 Å². The number of carbonyl (C=O) groups is 1. The second-order valence-corrected chi connectivity index (χ2v) is 10.4. The van der Waals surface area contributed by atoms with Gasteiger partial charge in [-0.2, -0.15) is 0 Å². The van der Waals surface area contributed by atoms with Crippen LogP contribution in [0, 0.1) is 5.92 Å². The van der Waals surface area contributed by atoms with E-state index in [1.54, 1.807) is 7.11 Å². The number of benzene rings is 2. The number of rotatable bonds is 8. The molecule has 1 aliphatic rings. The van der Waals surface area contributed by atoms with E-state index in [0.717, 1.165) is 54.9 Å². The number of nitrogens with zero attached hydrogens (tertiary/aromatic N) is 2. The third-order valence-corrected chi connectivity index (χ3v) is 6.81. The van der Waals surface area contributed by atoms with E-state index in [0.29, 0.717) is 18.3 Å². The predicted molar refractivity (Wildman–Crippen MR) is 139 cm³/mol. The Hall–Kier alpha value is -2.76. The Kier molecular flexibility index (Phi) is 7.64. The molecule has 5 nitrogen and oxygen atoms in total. The number of fused-ring (bicyclic) bond motifs is 1. The Morgan fingerprint density at radius 1 is 1.09 bits per heavy atom. The van der Waals surface area contributed by atoms with Crippen LogP contribution in [0.5, 0.6) is 0 Å². The first-order valence-corrected chi connectivity index (χ1v) is 12.3. The van der Waals surface area contributed by atoms with Gasteiger partial charge in [0.2, 0.25) is 5.91 Å². The highest BCUT2D eigenvalue weighted by atomic mass is 16.5. The van der Waals surface area contributed by atoms with Gasteiger partial charge < -0.3 is 15.0 Å². The van der Waals surface area contributed by atoms with Gasteiger partial charge >= 0.3 is 0 Å². The van der Waals surface area contributed by atoms with E-state index in [-0.39, 0.29) is 11.3 Å². The molecule has 34 heavy (non-hydrogen) atoms. The summed E-state index contributed by atoms with van der Waals surface area (Å²) in [5.74, 6) is 0.949. The molecule has 2 aromatic carbocycles. The normalized spacial score (nSPS) is 18.9. The van der Waals surface area contributed by atoms with Crippen LogP contribution < -0.4 is 5.32 Å². The average Bonchev–Trinajstić information content (AvgIpc) is 3.24. The van der Waals surface area contributed by atoms with Crippen molar-refractivity contribution in [2.75, 3.05) is 38.7 Å². The van der Waals surface area contributed by atoms with Crippen molar-refractivity contribution in [1.29, 1.82) is 0 Å². The van der Waals surface area contributed by atoms with Crippen LogP contribution in [-0.2, 0) is 14.9 Å². The Morgan fingerprint density at radius 3 is 2.56 bits per heavy atom. The molecule has 0 aliphatic carbocycles. The van der Waals surface area contributed by atoms with Crippen LogP contribution in [0.15, 0.2) is 60.7 Å². The van der Waals surface area contributed by atoms with Gasteiger partial charge in [0.15, 0.2) is 0 Å². The molecule has 0 unspecified atom stereocenters. The van der Waals surface area contributed by atoms with E-state index in [2.05, 4.69) is 67.4 Å². The van der Waals surface area contributed by atoms with Crippen LogP contribution >= 0.6 is 0 Å². The molecule has 1 N–H and O–H groups in total. The summed E-state index contributed by atoms with van der Waals surface area (Å²) in [7, 11) is 1.75. The molecule has 1 amide bonds. The molecule has 1 aliphatic heterocycles. The van der Waals surface area contributed by atoms with Gasteiger partial charge in [-0.1, -0.05) is 69.3 Å². The summed E-state index contributed by atoms with van der Waals surface area (Å²) in [5, 5.41) is 4.24. The quantitative estimate of drug-likeness (QED) is 0.475. The lowest BCUT2D eigenvalue weighted by molar-refractivity contribution is -0.116. The Labute approximate surface area is 203 Å². The lowest BCUT2D eigenvalue weighted by Crippen LogP contribution is -2.25. The standard InChI is InChI=1S/C29H37N3O2/c1-29(2,3)28-26(18-22-12-8-9-13-25(22)31-28)30-27(33)15-14-23-19-32(16-17-34-4)20-24(23)21-10-6-5-7-11-21/h5-13,18,23-24H,14-17,19-20H2,1-4H3,(H,30,33)/t23-,24+/m1/s1. The number of ether oxygens (including phenoxy) is 1. The third kappa shape index (κ3) is 5.83. The fraction of sp³-hybridized carbons (Fsp3) is 0.448. The SMILES string of the molecule is COCCN1C[C@@H](CCC(=O)Nc2cc3ccccc3nc2C(C)(C)C)[C@H](c2ccccc2)C1. The number of carbonyl (C=O) groups excluding carboxylic acids is 1. The van der Waals surface area contributed by atoms with E-state index in [4.69, 9.17) is 9.72 Å². The van der Waals surface area contributed by atoms with E-state index in [1.807, 2.05) is 24.3 Å².